The smallest absolute Gasteiger partial charge is 0.161 e. The summed E-state index contributed by atoms with van der Waals surface area (Å²) in [5.74, 6) is 2.56. The number of halogens is 1. The summed E-state index contributed by atoms with van der Waals surface area (Å²) < 4.78 is 11.6. The van der Waals surface area contributed by atoms with Crippen LogP contribution in [-0.4, -0.2) is 27.5 Å². The van der Waals surface area contributed by atoms with E-state index in [-0.39, 0.29) is 10.9 Å². The van der Waals surface area contributed by atoms with E-state index in [1.54, 1.807) is 6.20 Å². The molecule has 3 rings (SSSR count). The fourth-order valence-corrected chi connectivity index (χ4v) is 2.51. The van der Waals surface area contributed by atoms with Crippen molar-refractivity contribution >= 4 is 15.9 Å². The van der Waals surface area contributed by atoms with Gasteiger partial charge in [-0.05, 0) is 12.1 Å². The number of nitrogens with one attached hydrogen (secondary N) is 1. The maximum absolute atomic E-state index is 5.93. The highest BCUT2D eigenvalue weighted by molar-refractivity contribution is 9.09. The Morgan fingerprint density at radius 3 is 3.00 bits per heavy atom. The molecule has 2 unspecified atom stereocenters. The van der Waals surface area contributed by atoms with Crippen LogP contribution in [-0.2, 0) is 6.42 Å². The third-order valence-electron chi connectivity index (χ3n) is 2.88. The lowest BCUT2D eigenvalue weighted by Gasteiger charge is -2.29. The Balaban J connectivity index is 1.68. The number of ether oxygens (including phenoxy) is 2. The number of fused-ring (bicyclic) bond motifs is 1. The summed E-state index contributed by atoms with van der Waals surface area (Å²) >= 11 is 3.65. The summed E-state index contributed by atoms with van der Waals surface area (Å²) in [6.07, 6.45) is 4.35. The summed E-state index contributed by atoms with van der Waals surface area (Å²) in [4.78, 5) is 7.47. The number of benzene rings is 1. The maximum atomic E-state index is 5.93. The van der Waals surface area contributed by atoms with E-state index in [0.29, 0.717) is 6.61 Å². The number of H-pyrrole nitrogens is 1. The average molecular weight is 309 g/mol. The van der Waals surface area contributed by atoms with Gasteiger partial charge in [-0.1, -0.05) is 28.1 Å². The molecule has 1 aliphatic heterocycles. The number of hydrogen-bond donors (Lipinski definition) is 1. The number of hydrogen-bond acceptors (Lipinski definition) is 3. The van der Waals surface area contributed by atoms with Crippen molar-refractivity contribution in [1.82, 2.24) is 9.97 Å². The highest BCUT2D eigenvalue weighted by Crippen LogP contribution is 2.33. The Hall–Kier alpha value is -1.49. The van der Waals surface area contributed by atoms with E-state index in [9.17, 15) is 0 Å². The van der Waals surface area contributed by atoms with Crippen LogP contribution < -0.4 is 9.47 Å². The molecule has 1 aliphatic rings. The SMILES string of the molecule is BrC(Cc1ncc[nH]1)C1COc2ccccc2O1. The lowest BCUT2D eigenvalue weighted by molar-refractivity contribution is 0.0901. The van der Waals surface area contributed by atoms with Crippen LogP contribution in [0, 0.1) is 0 Å². The Bertz CT molecular complexity index is 515. The van der Waals surface area contributed by atoms with Gasteiger partial charge in [0.25, 0.3) is 0 Å². The average Bonchev–Trinajstić information content (AvgIpc) is 2.91. The molecule has 18 heavy (non-hydrogen) atoms. The molecule has 0 spiro atoms. The van der Waals surface area contributed by atoms with Crippen molar-refractivity contribution in [3.05, 3.63) is 42.5 Å². The molecule has 0 saturated carbocycles. The molecule has 0 saturated heterocycles. The molecule has 2 atom stereocenters. The molecule has 4 nitrogen and oxygen atoms in total. The molecule has 1 aromatic heterocycles. The van der Waals surface area contributed by atoms with Gasteiger partial charge in [-0.3, -0.25) is 0 Å². The first-order chi connectivity index (χ1) is 8.83. The van der Waals surface area contributed by atoms with Crippen molar-refractivity contribution in [2.75, 3.05) is 6.61 Å². The van der Waals surface area contributed by atoms with E-state index < -0.39 is 0 Å². The van der Waals surface area contributed by atoms with E-state index in [4.69, 9.17) is 9.47 Å². The lowest BCUT2D eigenvalue weighted by Crippen LogP contribution is -2.37. The van der Waals surface area contributed by atoms with Crippen molar-refractivity contribution in [2.24, 2.45) is 0 Å². The number of rotatable bonds is 3. The summed E-state index contributed by atoms with van der Waals surface area (Å²) in [5, 5.41) is 0. The Labute approximate surface area is 113 Å². The Morgan fingerprint density at radius 1 is 1.39 bits per heavy atom. The van der Waals surface area contributed by atoms with Crippen molar-refractivity contribution in [3.8, 4) is 11.5 Å². The number of imidazole rings is 1. The molecule has 94 valence electrons. The first kappa shape index (κ1) is 11.6. The number of aromatic amines is 1. The quantitative estimate of drug-likeness (QED) is 0.887. The summed E-state index contributed by atoms with van der Waals surface area (Å²) in [7, 11) is 0. The molecule has 5 heteroatoms. The van der Waals surface area contributed by atoms with Gasteiger partial charge in [0, 0.05) is 18.8 Å². The standard InChI is InChI=1S/C13H13BrN2O2/c14-9(7-13-15-5-6-16-13)12-8-17-10-3-1-2-4-11(10)18-12/h1-6,9,12H,7-8H2,(H,15,16). The van der Waals surface area contributed by atoms with Gasteiger partial charge in [0.2, 0.25) is 0 Å². The number of aromatic nitrogens is 2. The molecule has 1 N–H and O–H groups in total. The molecule has 0 radical (unpaired) electrons. The molecule has 0 fully saturated rings. The molecule has 2 aromatic rings. The van der Waals surface area contributed by atoms with Crippen molar-refractivity contribution in [3.63, 3.8) is 0 Å². The van der Waals surface area contributed by atoms with E-state index in [1.165, 1.54) is 0 Å². The Morgan fingerprint density at radius 2 is 2.22 bits per heavy atom. The minimum absolute atomic E-state index is 0.00926. The number of alkyl halides is 1. The predicted octanol–water partition coefficient (Wildman–Crippen LogP) is 2.56. The molecular weight excluding hydrogens is 296 g/mol. The highest BCUT2D eigenvalue weighted by atomic mass is 79.9. The second-order valence-electron chi connectivity index (χ2n) is 4.17. The predicted molar refractivity (Wildman–Crippen MR) is 71.4 cm³/mol. The minimum Gasteiger partial charge on any atom is -0.486 e. The van der Waals surface area contributed by atoms with E-state index >= 15 is 0 Å². The zero-order valence-corrected chi connectivity index (χ0v) is 11.3. The summed E-state index contributed by atoms with van der Waals surface area (Å²) in [6, 6.07) is 7.73. The first-order valence-electron chi connectivity index (χ1n) is 5.84. The van der Waals surface area contributed by atoms with Crippen LogP contribution in [0.15, 0.2) is 36.7 Å². The van der Waals surface area contributed by atoms with Gasteiger partial charge in [-0.15, -0.1) is 0 Å². The van der Waals surface area contributed by atoms with Crippen LogP contribution in [0.1, 0.15) is 5.82 Å². The number of para-hydroxylation sites is 2. The number of nitrogens with zero attached hydrogens (tertiary/aromatic N) is 1. The molecular formula is C13H13BrN2O2. The van der Waals surface area contributed by atoms with Crippen LogP contribution in [0.3, 0.4) is 0 Å². The van der Waals surface area contributed by atoms with Gasteiger partial charge >= 0.3 is 0 Å². The molecule has 1 aromatic carbocycles. The fourth-order valence-electron chi connectivity index (χ4n) is 1.94. The second kappa shape index (κ2) is 5.02. The van der Waals surface area contributed by atoms with Gasteiger partial charge in [-0.2, -0.15) is 0 Å². The summed E-state index contributed by atoms with van der Waals surface area (Å²) in [5.41, 5.74) is 0. The minimum atomic E-state index is -0.00926. The highest BCUT2D eigenvalue weighted by Gasteiger charge is 2.27. The van der Waals surface area contributed by atoms with Gasteiger partial charge in [0.1, 0.15) is 18.5 Å². The van der Waals surface area contributed by atoms with Crippen molar-refractivity contribution in [1.29, 1.82) is 0 Å². The molecule has 0 aliphatic carbocycles. The van der Waals surface area contributed by atoms with Crippen LogP contribution in [0.4, 0.5) is 0 Å². The first-order valence-corrected chi connectivity index (χ1v) is 6.75. The summed E-state index contributed by atoms with van der Waals surface area (Å²) in [6.45, 7) is 0.549. The molecule has 0 bridgehead atoms. The fraction of sp³-hybridized carbons (Fsp3) is 0.308. The second-order valence-corrected chi connectivity index (χ2v) is 5.35. The lowest BCUT2D eigenvalue weighted by atomic mass is 10.1. The van der Waals surface area contributed by atoms with Gasteiger partial charge in [0.05, 0.1) is 4.83 Å². The monoisotopic (exact) mass is 308 g/mol. The Kier molecular flexibility index (Phi) is 3.23. The largest absolute Gasteiger partial charge is 0.486 e. The molecule has 0 amide bonds. The normalized spacial score (nSPS) is 19.5. The van der Waals surface area contributed by atoms with Crippen LogP contribution in [0.25, 0.3) is 0 Å². The van der Waals surface area contributed by atoms with Crippen molar-refractivity contribution < 1.29 is 9.47 Å². The maximum Gasteiger partial charge on any atom is 0.161 e. The zero-order valence-electron chi connectivity index (χ0n) is 9.67. The third kappa shape index (κ3) is 2.36. The topological polar surface area (TPSA) is 47.1 Å². The molecule has 2 heterocycles. The van der Waals surface area contributed by atoms with Gasteiger partial charge in [-0.25, -0.2) is 4.98 Å². The zero-order chi connectivity index (χ0) is 12.4. The van der Waals surface area contributed by atoms with Gasteiger partial charge < -0.3 is 14.5 Å². The van der Waals surface area contributed by atoms with Crippen LogP contribution >= 0.6 is 15.9 Å². The van der Waals surface area contributed by atoms with Crippen LogP contribution in [0.2, 0.25) is 0 Å². The van der Waals surface area contributed by atoms with Crippen molar-refractivity contribution in [2.45, 2.75) is 17.4 Å². The van der Waals surface area contributed by atoms with Gasteiger partial charge in [0.15, 0.2) is 11.5 Å². The van der Waals surface area contributed by atoms with Crippen LogP contribution in [0.5, 0.6) is 11.5 Å². The van der Waals surface area contributed by atoms with E-state index in [0.717, 1.165) is 23.7 Å². The van der Waals surface area contributed by atoms with E-state index in [2.05, 4.69) is 25.9 Å². The van der Waals surface area contributed by atoms with E-state index in [1.807, 2.05) is 30.5 Å². The third-order valence-corrected chi connectivity index (χ3v) is 3.79.